The summed E-state index contributed by atoms with van der Waals surface area (Å²) in [7, 11) is 0. The van der Waals surface area contributed by atoms with Crippen molar-refractivity contribution in [3.63, 3.8) is 0 Å². The van der Waals surface area contributed by atoms with Gasteiger partial charge in [-0.3, -0.25) is 4.79 Å². The summed E-state index contributed by atoms with van der Waals surface area (Å²) in [4.78, 5) is 16.1. The summed E-state index contributed by atoms with van der Waals surface area (Å²) in [5.41, 5.74) is 0.673. The number of anilines is 1. The summed E-state index contributed by atoms with van der Waals surface area (Å²) in [5.74, 6) is 0.605. The molecule has 0 saturated heterocycles. The average Bonchev–Trinajstić information content (AvgIpc) is 2.92. The quantitative estimate of drug-likeness (QED) is 0.897. The first-order chi connectivity index (χ1) is 8.72. The van der Waals surface area contributed by atoms with Gasteiger partial charge in [0.05, 0.1) is 5.69 Å². The van der Waals surface area contributed by atoms with Crippen molar-refractivity contribution < 1.29 is 4.79 Å². The Morgan fingerprint density at radius 1 is 1.44 bits per heavy atom. The molecule has 0 fully saturated rings. The molecule has 1 amide bonds. The van der Waals surface area contributed by atoms with Gasteiger partial charge in [0.2, 0.25) is 5.91 Å². The molecule has 5 nitrogen and oxygen atoms in total. The van der Waals surface area contributed by atoms with Gasteiger partial charge in [0.25, 0.3) is 0 Å². The van der Waals surface area contributed by atoms with Gasteiger partial charge in [-0.1, -0.05) is 13.8 Å². The van der Waals surface area contributed by atoms with Crippen molar-refractivity contribution in [1.82, 2.24) is 14.8 Å². The largest absolute Gasteiger partial charge is 0.323 e. The summed E-state index contributed by atoms with van der Waals surface area (Å²) in [6.07, 6.45) is 5.95. The third-order valence-corrected chi connectivity index (χ3v) is 2.83. The molecule has 2 aromatic rings. The smallest absolute Gasteiger partial charge is 0.227 e. The van der Waals surface area contributed by atoms with Gasteiger partial charge in [0.15, 0.2) is 5.82 Å². The maximum Gasteiger partial charge on any atom is 0.227 e. The minimum absolute atomic E-state index is 0.00101. The highest BCUT2D eigenvalue weighted by atomic mass is 16.1. The Hall–Kier alpha value is -2.17. The Labute approximate surface area is 106 Å². The number of carbonyl (C=O) groups excluding carboxylic acids is 1. The molecule has 2 aromatic heterocycles. The van der Waals surface area contributed by atoms with Crippen LogP contribution in [0.4, 0.5) is 5.69 Å². The van der Waals surface area contributed by atoms with E-state index in [0.717, 1.165) is 6.42 Å². The number of hydrogen-bond acceptors (Lipinski definition) is 3. The molecule has 5 heteroatoms. The lowest BCUT2D eigenvalue weighted by Crippen LogP contribution is -2.21. The van der Waals surface area contributed by atoms with Crippen molar-refractivity contribution >= 4 is 11.6 Å². The lowest BCUT2D eigenvalue weighted by Gasteiger charge is -2.12. The highest BCUT2D eigenvalue weighted by molar-refractivity contribution is 5.93. The zero-order valence-electron chi connectivity index (χ0n) is 10.5. The van der Waals surface area contributed by atoms with Crippen molar-refractivity contribution in [2.45, 2.75) is 20.3 Å². The summed E-state index contributed by atoms with van der Waals surface area (Å²) >= 11 is 0. The number of amides is 1. The molecule has 0 aliphatic carbocycles. The van der Waals surface area contributed by atoms with Gasteiger partial charge in [-0.05, 0) is 24.6 Å². The SMILES string of the molecule is CCC(C)C(=O)Nc1cccnc1-n1cccn1. The fourth-order valence-electron chi connectivity index (χ4n) is 1.51. The number of hydrogen-bond donors (Lipinski definition) is 1. The number of carbonyl (C=O) groups is 1. The van der Waals surface area contributed by atoms with E-state index in [2.05, 4.69) is 15.4 Å². The van der Waals surface area contributed by atoms with Crippen LogP contribution in [0.25, 0.3) is 5.82 Å². The molecule has 0 spiro atoms. The fraction of sp³-hybridized carbons (Fsp3) is 0.308. The molecule has 1 unspecified atom stereocenters. The van der Waals surface area contributed by atoms with E-state index in [0.29, 0.717) is 11.5 Å². The van der Waals surface area contributed by atoms with Gasteiger partial charge >= 0.3 is 0 Å². The predicted molar refractivity (Wildman–Crippen MR) is 69.4 cm³/mol. The normalized spacial score (nSPS) is 12.1. The van der Waals surface area contributed by atoms with E-state index in [1.54, 1.807) is 29.3 Å². The molecule has 1 N–H and O–H groups in total. The van der Waals surface area contributed by atoms with Crippen LogP contribution < -0.4 is 5.32 Å². The van der Waals surface area contributed by atoms with Gasteiger partial charge in [-0.15, -0.1) is 0 Å². The molecule has 1 atom stereocenters. The Kier molecular flexibility index (Phi) is 3.72. The summed E-state index contributed by atoms with van der Waals surface area (Å²) in [6.45, 7) is 3.89. The van der Waals surface area contributed by atoms with Crippen LogP contribution in [0, 0.1) is 5.92 Å². The second-order valence-electron chi connectivity index (χ2n) is 4.12. The first-order valence-electron chi connectivity index (χ1n) is 5.98. The maximum absolute atomic E-state index is 11.9. The van der Waals surface area contributed by atoms with Crippen LogP contribution in [0.1, 0.15) is 20.3 Å². The number of aromatic nitrogens is 3. The molecule has 0 radical (unpaired) electrons. The van der Waals surface area contributed by atoms with Gasteiger partial charge in [0, 0.05) is 24.5 Å². The highest BCUT2D eigenvalue weighted by Gasteiger charge is 2.13. The summed E-state index contributed by atoms with van der Waals surface area (Å²) < 4.78 is 1.63. The standard InChI is InChI=1S/C13H16N4O/c1-3-10(2)13(18)16-11-6-4-7-14-12(11)17-9-5-8-15-17/h4-10H,3H2,1-2H3,(H,16,18). The first kappa shape index (κ1) is 12.3. The van der Waals surface area contributed by atoms with E-state index >= 15 is 0 Å². The summed E-state index contributed by atoms with van der Waals surface area (Å²) in [5, 5.41) is 7.01. The molecule has 94 valence electrons. The topological polar surface area (TPSA) is 59.8 Å². The minimum Gasteiger partial charge on any atom is -0.323 e. The number of nitrogens with one attached hydrogen (secondary N) is 1. The van der Waals surface area contributed by atoms with E-state index in [-0.39, 0.29) is 11.8 Å². The zero-order valence-corrected chi connectivity index (χ0v) is 10.5. The molecule has 0 bridgehead atoms. The van der Waals surface area contributed by atoms with E-state index in [4.69, 9.17) is 0 Å². The molecule has 18 heavy (non-hydrogen) atoms. The third-order valence-electron chi connectivity index (χ3n) is 2.83. The Bertz CT molecular complexity index is 522. The Morgan fingerprint density at radius 3 is 2.94 bits per heavy atom. The average molecular weight is 244 g/mol. The van der Waals surface area contributed by atoms with E-state index in [9.17, 15) is 4.79 Å². The lowest BCUT2D eigenvalue weighted by atomic mass is 10.1. The van der Waals surface area contributed by atoms with Gasteiger partial charge < -0.3 is 5.32 Å². The molecule has 0 aliphatic heterocycles. The highest BCUT2D eigenvalue weighted by Crippen LogP contribution is 2.17. The number of nitrogens with zero attached hydrogens (tertiary/aromatic N) is 3. The zero-order chi connectivity index (χ0) is 13.0. The fourth-order valence-corrected chi connectivity index (χ4v) is 1.51. The molecule has 2 rings (SSSR count). The van der Waals surface area contributed by atoms with Crippen molar-refractivity contribution in [1.29, 1.82) is 0 Å². The van der Waals surface area contributed by atoms with Crippen LogP contribution in [0.2, 0.25) is 0 Å². The van der Waals surface area contributed by atoms with E-state index in [1.807, 2.05) is 26.0 Å². The van der Waals surface area contributed by atoms with E-state index in [1.165, 1.54) is 0 Å². The van der Waals surface area contributed by atoms with Gasteiger partial charge in [-0.2, -0.15) is 5.10 Å². The first-order valence-corrected chi connectivity index (χ1v) is 5.98. The molecular weight excluding hydrogens is 228 g/mol. The number of rotatable bonds is 4. The van der Waals surface area contributed by atoms with Crippen molar-refractivity contribution in [2.75, 3.05) is 5.32 Å². The summed E-state index contributed by atoms with van der Waals surface area (Å²) in [6, 6.07) is 5.43. The van der Waals surface area contributed by atoms with Crippen LogP contribution in [0.5, 0.6) is 0 Å². The molecule has 0 aliphatic rings. The van der Waals surface area contributed by atoms with Crippen LogP contribution in [0.3, 0.4) is 0 Å². The van der Waals surface area contributed by atoms with Crippen molar-refractivity contribution in [3.05, 3.63) is 36.8 Å². The van der Waals surface area contributed by atoms with Crippen LogP contribution in [-0.2, 0) is 4.79 Å². The Morgan fingerprint density at radius 2 is 2.28 bits per heavy atom. The minimum atomic E-state index is -0.0179. The predicted octanol–water partition coefficient (Wildman–Crippen LogP) is 2.25. The Balaban J connectivity index is 2.26. The molecule has 0 saturated carbocycles. The van der Waals surface area contributed by atoms with Gasteiger partial charge in [0.1, 0.15) is 0 Å². The lowest BCUT2D eigenvalue weighted by molar-refractivity contribution is -0.119. The second kappa shape index (κ2) is 5.44. The molecule has 2 heterocycles. The van der Waals surface area contributed by atoms with E-state index < -0.39 is 0 Å². The van der Waals surface area contributed by atoms with Crippen molar-refractivity contribution in [2.24, 2.45) is 5.92 Å². The third kappa shape index (κ3) is 2.56. The second-order valence-corrected chi connectivity index (χ2v) is 4.12. The van der Waals surface area contributed by atoms with Crippen LogP contribution in [0.15, 0.2) is 36.8 Å². The van der Waals surface area contributed by atoms with Crippen LogP contribution >= 0.6 is 0 Å². The van der Waals surface area contributed by atoms with Crippen molar-refractivity contribution in [3.8, 4) is 5.82 Å². The number of pyridine rings is 1. The molecule has 0 aromatic carbocycles. The maximum atomic E-state index is 11.9. The monoisotopic (exact) mass is 244 g/mol. The van der Waals surface area contributed by atoms with Crippen LogP contribution in [-0.4, -0.2) is 20.7 Å². The molecular formula is C13H16N4O. The van der Waals surface area contributed by atoms with Gasteiger partial charge in [-0.25, -0.2) is 9.67 Å².